The molecule has 1 aromatic carbocycles. The lowest BCUT2D eigenvalue weighted by atomic mass is 10.1. The van der Waals surface area contributed by atoms with E-state index in [1.54, 1.807) is 7.05 Å². The zero-order chi connectivity index (χ0) is 14.3. The van der Waals surface area contributed by atoms with Gasteiger partial charge in [-0.3, -0.25) is 4.99 Å². The molecule has 5 heteroatoms. The van der Waals surface area contributed by atoms with Gasteiger partial charge in [0.15, 0.2) is 5.96 Å². The number of guanidine groups is 1. The van der Waals surface area contributed by atoms with Gasteiger partial charge in [0, 0.05) is 12.6 Å². The maximum absolute atomic E-state index is 5.67. The first-order chi connectivity index (χ1) is 8.90. The predicted molar refractivity (Wildman–Crippen MR) is 96.3 cm³/mol. The maximum atomic E-state index is 5.67. The number of benzene rings is 1. The van der Waals surface area contributed by atoms with Crippen molar-refractivity contribution in [2.75, 3.05) is 20.2 Å². The van der Waals surface area contributed by atoms with Gasteiger partial charge in [-0.2, -0.15) is 0 Å². The van der Waals surface area contributed by atoms with Crippen LogP contribution in [0.4, 0.5) is 0 Å². The second-order valence-corrected chi connectivity index (χ2v) is 5.54. The van der Waals surface area contributed by atoms with E-state index < -0.39 is 0 Å². The minimum Gasteiger partial charge on any atom is -0.492 e. The third-order valence-electron chi connectivity index (χ3n) is 2.37. The second-order valence-electron chi connectivity index (χ2n) is 5.54. The molecular formula is C15H26IN3O. The van der Waals surface area contributed by atoms with Crippen molar-refractivity contribution in [2.24, 2.45) is 4.99 Å². The van der Waals surface area contributed by atoms with Gasteiger partial charge < -0.3 is 15.4 Å². The van der Waals surface area contributed by atoms with Crippen molar-refractivity contribution in [1.82, 2.24) is 10.6 Å². The van der Waals surface area contributed by atoms with E-state index in [9.17, 15) is 0 Å². The zero-order valence-electron chi connectivity index (χ0n) is 13.0. The molecule has 0 fully saturated rings. The smallest absolute Gasteiger partial charge is 0.191 e. The molecule has 0 aliphatic carbocycles. The van der Waals surface area contributed by atoms with Gasteiger partial charge in [-0.15, -0.1) is 24.0 Å². The fraction of sp³-hybridized carbons (Fsp3) is 0.533. The lowest BCUT2D eigenvalue weighted by Crippen LogP contribution is -2.48. The predicted octanol–water partition coefficient (Wildman–Crippen LogP) is 2.96. The SMILES string of the molecule is CN=C(NCCOc1cccc(C)c1)NC(C)(C)C.I. The monoisotopic (exact) mass is 391 g/mol. The van der Waals surface area contributed by atoms with Crippen LogP contribution < -0.4 is 15.4 Å². The highest BCUT2D eigenvalue weighted by Crippen LogP contribution is 2.11. The first-order valence-corrected chi connectivity index (χ1v) is 6.59. The first kappa shape index (κ1) is 19.0. The fourth-order valence-corrected chi connectivity index (χ4v) is 1.58. The molecule has 1 rings (SSSR count). The highest BCUT2D eigenvalue weighted by atomic mass is 127. The highest BCUT2D eigenvalue weighted by molar-refractivity contribution is 14.0. The summed E-state index contributed by atoms with van der Waals surface area (Å²) in [5, 5.41) is 6.52. The Kier molecular flexibility index (Phi) is 8.60. The Labute approximate surface area is 139 Å². The number of ether oxygens (including phenoxy) is 1. The standard InChI is InChI=1S/C15H25N3O.HI/c1-12-7-6-8-13(11-12)19-10-9-17-14(16-5)18-15(2,3)4;/h6-8,11H,9-10H2,1-5H3,(H2,16,17,18);1H. The molecule has 4 nitrogen and oxygen atoms in total. The van der Waals surface area contributed by atoms with Crippen LogP contribution in [0.5, 0.6) is 5.75 Å². The van der Waals surface area contributed by atoms with Crippen LogP contribution in [-0.2, 0) is 0 Å². The Morgan fingerprint density at radius 3 is 2.55 bits per heavy atom. The van der Waals surface area contributed by atoms with E-state index in [-0.39, 0.29) is 29.5 Å². The molecule has 0 aliphatic heterocycles. The third kappa shape index (κ3) is 8.24. The third-order valence-corrected chi connectivity index (χ3v) is 2.37. The van der Waals surface area contributed by atoms with Crippen molar-refractivity contribution in [3.05, 3.63) is 29.8 Å². The van der Waals surface area contributed by atoms with Crippen LogP contribution in [0.15, 0.2) is 29.3 Å². The van der Waals surface area contributed by atoms with Crippen molar-refractivity contribution >= 4 is 29.9 Å². The van der Waals surface area contributed by atoms with Crippen LogP contribution in [0.2, 0.25) is 0 Å². The van der Waals surface area contributed by atoms with E-state index >= 15 is 0 Å². The summed E-state index contributed by atoms with van der Waals surface area (Å²) in [5.41, 5.74) is 1.20. The molecule has 1 aromatic rings. The number of rotatable bonds is 4. The molecule has 0 bridgehead atoms. The summed E-state index contributed by atoms with van der Waals surface area (Å²) in [5.74, 6) is 1.70. The maximum Gasteiger partial charge on any atom is 0.191 e. The summed E-state index contributed by atoms with van der Waals surface area (Å²) in [4.78, 5) is 4.17. The van der Waals surface area contributed by atoms with Crippen LogP contribution in [-0.4, -0.2) is 31.7 Å². The molecule has 0 aromatic heterocycles. The van der Waals surface area contributed by atoms with Gasteiger partial charge in [0.2, 0.25) is 0 Å². The van der Waals surface area contributed by atoms with Crippen LogP contribution >= 0.6 is 24.0 Å². The Bertz CT molecular complexity index is 427. The number of halogens is 1. The number of nitrogens with one attached hydrogen (secondary N) is 2. The molecule has 0 saturated carbocycles. The molecule has 0 aliphatic rings. The average molecular weight is 391 g/mol. The molecule has 0 heterocycles. The van der Waals surface area contributed by atoms with Gasteiger partial charge in [-0.1, -0.05) is 12.1 Å². The van der Waals surface area contributed by atoms with Crippen LogP contribution in [0.3, 0.4) is 0 Å². The van der Waals surface area contributed by atoms with Crippen molar-refractivity contribution in [2.45, 2.75) is 33.2 Å². The van der Waals surface area contributed by atoms with Gasteiger partial charge in [-0.25, -0.2) is 0 Å². The minimum atomic E-state index is -0.000751. The number of aryl methyl sites for hydroxylation is 1. The molecule has 0 spiro atoms. The number of aliphatic imine (C=N–C) groups is 1. The van der Waals surface area contributed by atoms with E-state index in [4.69, 9.17) is 4.74 Å². The lowest BCUT2D eigenvalue weighted by molar-refractivity contribution is 0.321. The van der Waals surface area contributed by atoms with E-state index in [0.717, 1.165) is 11.7 Å². The molecule has 114 valence electrons. The molecule has 2 N–H and O–H groups in total. The summed E-state index contributed by atoms with van der Waals surface area (Å²) >= 11 is 0. The van der Waals surface area contributed by atoms with E-state index in [1.165, 1.54) is 5.56 Å². The number of nitrogens with zero attached hydrogens (tertiary/aromatic N) is 1. The quantitative estimate of drug-likeness (QED) is 0.359. The van der Waals surface area contributed by atoms with Gasteiger partial charge in [0.1, 0.15) is 12.4 Å². The van der Waals surface area contributed by atoms with E-state index in [1.807, 2.05) is 18.2 Å². The first-order valence-electron chi connectivity index (χ1n) is 6.59. The van der Waals surface area contributed by atoms with Crippen molar-refractivity contribution in [3.63, 3.8) is 0 Å². The van der Waals surface area contributed by atoms with Crippen LogP contribution in [0.1, 0.15) is 26.3 Å². The summed E-state index contributed by atoms with van der Waals surface area (Å²) in [6, 6.07) is 8.05. The fourth-order valence-electron chi connectivity index (χ4n) is 1.58. The number of hydrogen-bond acceptors (Lipinski definition) is 2. The molecule has 0 atom stereocenters. The van der Waals surface area contributed by atoms with Gasteiger partial charge >= 0.3 is 0 Å². The van der Waals surface area contributed by atoms with Gasteiger partial charge in [0.25, 0.3) is 0 Å². The van der Waals surface area contributed by atoms with Crippen molar-refractivity contribution < 1.29 is 4.74 Å². The molecule has 0 amide bonds. The lowest BCUT2D eigenvalue weighted by Gasteiger charge is -2.23. The van der Waals surface area contributed by atoms with E-state index in [0.29, 0.717) is 13.2 Å². The highest BCUT2D eigenvalue weighted by Gasteiger charge is 2.11. The topological polar surface area (TPSA) is 45.7 Å². The Balaban J connectivity index is 0.00000361. The zero-order valence-corrected chi connectivity index (χ0v) is 15.3. The summed E-state index contributed by atoms with van der Waals surface area (Å²) in [6.07, 6.45) is 0. The molecular weight excluding hydrogens is 365 g/mol. The summed E-state index contributed by atoms with van der Waals surface area (Å²) < 4.78 is 5.67. The van der Waals surface area contributed by atoms with Crippen molar-refractivity contribution in [3.8, 4) is 5.75 Å². The van der Waals surface area contributed by atoms with Gasteiger partial charge in [-0.05, 0) is 45.4 Å². The van der Waals surface area contributed by atoms with Gasteiger partial charge in [0.05, 0.1) is 6.54 Å². The second kappa shape index (κ2) is 9.05. The molecule has 0 saturated heterocycles. The Morgan fingerprint density at radius 2 is 2.00 bits per heavy atom. The molecule has 0 radical (unpaired) electrons. The largest absolute Gasteiger partial charge is 0.492 e. The summed E-state index contributed by atoms with van der Waals surface area (Å²) in [7, 11) is 1.77. The normalized spacial score (nSPS) is 11.6. The molecule has 0 unspecified atom stereocenters. The summed E-state index contributed by atoms with van der Waals surface area (Å²) in [6.45, 7) is 9.67. The van der Waals surface area contributed by atoms with Crippen molar-refractivity contribution in [1.29, 1.82) is 0 Å². The van der Waals surface area contributed by atoms with Crippen LogP contribution in [0.25, 0.3) is 0 Å². The average Bonchev–Trinajstić information content (AvgIpc) is 2.31. The van der Waals surface area contributed by atoms with E-state index in [2.05, 4.69) is 49.4 Å². The molecule has 20 heavy (non-hydrogen) atoms. The Hall–Kier alpha value is -0.980. The Morgan fingerprint density at radius 1 is 1.30 bits per heavy atom. The minimum absolute atomic E-state index is 0. The number of hydrogen-bond donors (Lipinski definition) is 2. The van der Waals surface area contributed by atoms with Crippen LogP contribution in [0, 0.1) is 6.92 Å².